The van der Waals surface area contributed by atoms with Crippen molar-refractivity contribution in [3.05, 3.63) is 63.8 Å². The molecule has 2 rings (SSSR count). The average molecular weight is 390 g/mol. The van der Waals surface area contributed by atoms with Crippen LogP contribution in [-0.4, -0.2) is 30.7 Å². The van der Waals surface area contributed by atoms with Crippen LogP contribution < -0.4 is 14.8 Å². The van der Waals surface area contributed by atoms with Gasteiger partial charge in [-0.3, -0.25) is 4.79 Å². The molecule has 0 saturated heterocycles. The molecule has 27 heavy (non-hydrogen) atoms. The number of benzene rings is 2. The molecule has 0 aliphatic carbocycles. The third-order valence-electron chi connectivity index (χ3n) is 3.69. The highest BCUT2D eigenvalue weighted by Gasteiger charge is 2.13. The van der Waals surface area contributed by atoms with E-state index in [1.165, 1.54) is 13.2 Å². The molecular formula is C20H20ClNO5. The maximum atomic E-state index is 12.1. The molecule has 0 unspecified atom stereocenters. The summed E-state index contributed by atoms with van der Waals surface area (Å²) < 4.78 is 10.5. The van der Waals surface area contributed by atoms with Crippen LogP contribution >= 0.6 is 11.6 Å². The van der Waals surface area contributed by atoms with Gasteiger partial charge in [-0.15, -0.1) is 0 Å². The fourth-order valence-corrected chi connectivity index (χ4v) is 2.48. The Labute approximate surface area is 162 Å². The summed E-state index contributed by atoms with van der Waals surface area (Å²) in [5.74, 6) is -0.781. The molecule has 142 valence electrons. The number of aliphatic carboxylic acids is 1. The fraction of sp³-hybridized carbons (Fsp3) is 0.200. The lowest BCUT2D eigenvalue weighted by atomic mass is 10.1. The van der Waals surface area contributed by atoms with Gasteiger partial charge in [0.25, 0.3) is 5.91 Å². The van der Waals surface area contributed by atoms with Gasteiger partial charge in [0.2, 0.25) is 0 Å². The first-order chi connectivity index (χ1) is 12.8. The summed E-state index contributed by atoms with van der Waals surface area (Å²) >= 11 is 6.10. The van der Waals surface area contributed by atoms with Crippen molar-refractivity contribution < 1.29 is 24.2 Å². The topological polar surface area (TPSA) is 84.9 Å². The minimum Gasteiger partial charge on any atom is -0.497 e. The molecular weight excluding hydrogens is 370 g/mol. The highest BCUT2D eigenvalue weighted by Crippen LogP contribution is 2.25. The molecule has 0 spiro atoms. The van der Waals surface area contributed by atoms with Crippen LogP contribution in [0, 0.1) is 13.8 Å². The summed E-state index contributed by atoms with van der Waals surface area (Å²) in [6.45, 7) is 3.34. The molecule has 7 heteroatoms. The van der Waals surface area contributed by atoms with E-state index in [-0.39, 0.29) is 12.3 Å². The minimum absolute atomic E-state index is 0.264. The molecule has 1 amide bonds. The van der Waals surface area contributed by atoms with E-state index in [2.05, 4.69) is 5.32 Å². The molecule has 0 aliphatic rings. The number of halogens is 1. The van der Waals surface area contributed by atoms with Crippen LogP contribution in [0.1, 0.15) is 16.7 Å². The van der Waals surface area contributed by atoms with Gasteiger partial charge < -0.3 is 19.9 Å². The maximum absolute atomic E-state index is 12.1. The van der Waals surface area contributed by atoms with Gasteiger partial charge in [-0.2, -0.15) is 0 Å². The molecule has 0 saturated carbocycles. The number of ether oxygens (including phenoxy) is 2. The lowest BCUT2D eigenvalue weighted by Gasteiger charge is -2.11. The normalized spacial score (nSPS) is 11.0. The molecule has 2 aromatic carbocycles. The van der Waals surface area contributed by atoms with Crippen LogP contribution in [0.3, 0.4) is 0 Å². The Morgan fingerprint density at radius 2 is 1.81 bits per heavy atom. The van der Waals surface area contributed by atoms with E-state index in [0.29, 0.717) is 22.1 Å². The van der Waals surface area contributed by atoms with Crippen molar-refractivity contribution >= 4 is 29.6 Å². The van der Waals surface area contributed by atoms with E-state index in [1.54, 1.807) is 36.4 Å². The van der Waals surface area contributed by atoms with Gasteiger partial charge in [0.05, 0.1) is 7.11 Å². The van der Waals surface area contributed by atoms with E-state index >= 15 is 0 Å². The van der Waals surface area contributed by atoms with E-state index < -0.39 is 11.9 Å². The Morgan fingerprint density at radius 3 is 2.41 bits per heavy atom. The van der Waals surface area contributed by atoms with Crippen molar-refractivity contribution in [1.29, 1.82) is 0 Å². The standard InChI is InChI=1S/C20H20ClNO5/c1-12-7-16(8-13(2)19(12)21)27-11-18(23)22-17(20(24)25)10-14-5-4-6-15(9-14)26-3/h4-10H,11H2,1-3H3,(H,22,23)(H,24,25)/b17-10+. The van der Waals surface area contributed by atoms with Crippen LogP contribution in [0.25, 0.3) is 6.08 Å². The first-order valence-corrected chi connectivity index (χ1v) is 8.46. The number of hydrogen-bond donors (Lipinski definition) is 2. The van der Waals surface area contributed by atoms with E-state index in [4.69, 9.17) is 21.1 Å². The zero-order chi connectivity index (χ0) is 20.0. The second-order valence-electron chi connectivity index (χ2n) is 5.85. The van der Waals surface area contributed by atoms with Crippen molar-refractivity contribution in [2.45, 2.75) is 13.8 Å². The lowest BCUT2D eigenvalue weighted by molar-refractivity contribution is -0.134. The summed E-state index contributed by atoms with van der Waals surface area (Å²) in [6, 6.07) is 10.2. The second kappa shape index (κ2) is 9.09. The maximum Gasteiger partial charge on any atom is 0.352 e. The Bertz CT molecular complexity index is 869. The summed E-state index contributed by atoms with van der Waals surface area (Å²) in [4.78, 5) is 23.5. The number of rotatable bonds is 7. The SMILES string of the molecule is COc1cccc(/C=C(/NC(=O)COc2cc(C)c(Cl)c(C)c2)C(=O)O)c1. The molecule has 0 aliphatic heterocycles. The van der Waals surface area contributed by atoms with Crippen molar-refractivity contribution in [1.82, 2.24) is 5.32 Å². The van der Waals surface area contributed by atoms with Gasteiger partial charge in [0, 0.05) is 5.02 Å². The second-order valence-corrected chi connectivity index (χ2v) is 6.23. The quantitative estimate of drug-likeness (QED) is 0.707. The largest absolute Gasteiger partial charge is 0.497 e. The molecule has 0 atom stereocenters. The summed E-state index contributed by atoms with van der Waals surface area (Å²) in [5, 5.41) is 12.3. The average Bonchev–Trinajstić information content (AvgIpc) is 2.63. The molecule has 0 aromatic heterocycles. The van der Waals surface area contributed by atoms with Crippen LogP contribution in [0.15, 0.2) is 42.1 Å². The number of carbonyl (C=O) groups excluding carboxylic acids is 1. The van der Waals surface area contributed by atoms with Gasteiger partial charge in [-0.1, -0.05) is 23.7 Å². The van der Waals surface area contributed by atoms with E-state index in [1.807, 2.05) is 13.8 Å². The smallest absolute Gasteiger partial charge is 0.352 e. The molecule has 0 heterocycles. The van der Waals surface area contributed by atoms with Crippen molar-refractivity contribution in [2.75, 3.05) is 13.7 Å². The zero-order valence-corrected chi connectivity index (χ0v) is 16.0. The monoisotopic (exact) mass is 389 g/mol. The van der Waals surface area contributed by atoms with E-state index in [0.717, 1.165) is 11.1 Å². The van der Waals surface area contributed by atoms with Crippen molar-refractivity contribution in [2.24, 2.45) is 0 Å². The Hall–Kier alpha value is -2.99. The third-order valence-corrected chi connectivity index (χ3v) is 4.29. The highest BCUT2D eigenvalue weighted by molar-refractivity contribution is 6.32. The van der Waals surface area contributed by atoms with Crippen molar-refractivity contribution in [3.8, 4) is 11.5 Å². The summed E-state index contributed by atoms with van der Waals surface area (Å²) in [7, 11) is 1.51. The van der Waals surface area contributed by atoms with Crippen LogP contribution in [0.5, 0.6) is 11.5 Å². The van der Waals surface area contributed by atoms with Crippen LogP contribution in [0.2, 0.25) is 5.02 Å². The first-order valence-electron chi connectivity index (χ1n) is 8.08. The number of carbonyl (C=O) groups is 2. The van der Waals surface area contributed by atoms with Gasteiger partial charge in [-0.05, 0) is 60.9 Å². The van der Waals surface area contributed by atoms with Crippen LogP contribution in [0.4, 0.5) is 0 Å². The molecule has 0 fully saturated rings. The third kappa shape index (κ3) is 5.76. The van der Waals surface area contributed by atoms with Gasteiger partial charge in [0.1, 0.15) is 17.2 Å². The number of carboxylic acid groups (broad SMARTS) is 1. The van der Waals surface area contributed by atoms with Gasteiger partial charge in [-0.25, -0.2) is 4.79 Å². The minimum atomic E-state index is -1.26. The number of carboxylic acids is 1. The van der Waals surface area contributed by atoms with E-state index in [9.17, 15) is 14.7 Å². The Balaban J connectivity index is 2.07. The van der Waals surface area contributed by atoms with Crippen LogP contribution in [-0.2, 0) is 9.59 Å². The molecule has 6 nitrogen and oxygen atoms in total. The predicted molar refractivity (Wildman–Crippen MR) is 103 cm³/mol. The number of aryl methyl sites for hydroxylation is 2. The first kappa shape index (κ1) is 20.3. The number of nitrogens with one attached hydrogen (secondary N) is 1. The number of methoxy groups -OCH3 is 1. The molecule has 2 N–H and O–H groups in total. The lowest BCUT2D eigenvalue weighted by Crippen LogP contribution is -2.31. The van der Waals surface area contributed by atoms with Crippen molar-refractivity contribution in [3.63, 3.8) is 0 Å². The Kier molecular flexibility index (Phi) is 6.85. The summed E-state index contributed by atoms with van der Waals surface area (Å²) in [6.07, 6.45) is 1.35. The number of amides is 1. The molecule has 0 bridgehead atoms. The van der Waals surface area contributed by atoms with Gasteiger partial charge >= 0.3 is 5.97 Å². The Morgan fingerprint density at radius 1 is 1.15 bits per heavy atom. The fourth-order valence-electron chi connectivity index (χ4n) is 2.37. The highest BCUT2D eigenvalue weighted by atomic mass is 35.5. The predicted octanol–water partition coefficient (Wildman–Crippen LogP) is 3.59. The number of hydrogen-bond acceptors (Lipinski definition) is 4. The molecule has 2 aromatic rings. The summed E-state index contributed by atoms with van der Waals surface area (Å²) in [5.41, 5.74) is 1.98. The zero-order valence-electron chi connectivity index (χ0n) is 15.2. The molecule has 0 radical (unpaired) electrons. The van der Waals surface area contributed by atoms with Gasteiger partial charge in [0.15, 0.2) is 6.61 Å².